The van der Waals surface area contributed by atoms with Crippen LogP contribution < -0.4 is 4.72 Å². The van der Waals surface area contributed by atoms with E-state index in [1.54, 1.807) is 36.8 Å². The molecule has 4 rings (SSSR count). The molecule has 7 heteroatoms. The van der Waals surface area contributed by atoms with Crippen LogP contribution in [0.25, 0.3) is 10.8 Å². The van der Waals surface area contributed by atoms with Crippen LogP contribution in [0.4, 0.5) is 0 Å². The average Bonchev–Trinajstić information content (AvgIpc) is 3.42. The van der Waals surface area contributed by atoms with Crippen LogP contribution in [0.1, 0.15) is 17.9 Å². The van der Waals surface area contributed by atoms with Gasteiger partial charge in [0.2, 0.25) is 5.91 Å². The quantitative estimate of drug-likeness (QED) is 0.777. The van der Waals surface area contributed by atoms with Gasteiger partial charge in [0.25, 0.3) is 10.0 Å². The predicted octanol–water partition coefficient (Wildman–Crippen LogP) is 2.24. The molecule has 1 fully saturated rings. The van der Waals surface area contributed by atoms with Crippen molar-refractivity contribution >= 4 is 26.7 Å². The number of carbonyl (C=O) groups is 1. The Balaban J connectivity index is 1.57. The van der Waals surface area contributed by atoms with Gasteiger partial charge in [0, 0.05) is 41.5 Å². The summed E-state index contributed by atoms with van der Waals surface area (Å²) in [5.74, 6) is -0.781. The van der Waals surface area contributed by atoms with Crippen molar-refractivity contribution in [3.05, 3.63) is 66.7 Å². The molecule has 25 heavy (non-hydrogen) atoms. The second-order valence-electron chi connectivity index (χ2n) is 6.06. The van der Waals surface area contributed by atoms with Gasteiger partial charge in [-0.15, -0.1) is 0 Å². The number of hydrogen-bond acceptors (Lipinski definition) is 5. The zero-order chi connectivity index (χ0) is 17.4. The summed E-state index contributed by atoms with van der Waals surface area (Å²) in [4.78, 5) is 20.5. The largest absolute Gasteiger partial charge is 0.274 e. The van der Waals surface area contributed by atoms with Crippen LogP contribution in [-0.2, 0) is 14.8 Å². The second kappa shape index (κ2) is 5.93. The number of carbonyl (C=O) groups excluding carboxylic acids is 1. The maximum atomic E-state index is 12.7. The van der Waals surface area contributed by atoms with Gasteiger partial charge in [0.1, 0.15) is 0 Å². The molecule has 0 radical (unpaired) electrons. The maximum Gasteiger partial charge on any atom is 0.264 e. The van der Waals surface area contributed by atoms with Crippen molar-refractivity contribution in [2.45, 2.75) is 17.2 Å². The van der Waals surface area contributed by atoms with Gasteiger partial charge in [-0.3, -0.25) is 14.8 Å². The molecular formula is C18H15N3O3S. The zero-order valence-electron chi connectivity index (χ0n) is 13.2. The van der Waals surface area contributed by atoms with E-state index in [0.717, 1.165) is 5.56 Å². The van der Waals surface area contributed by atoms with Crippen LogP contribution in [-0.4, -0.2) is 24.3 Å². The first-order valence-corrected chi connectivity index (χ1v) is 9.34. The summed E-state index contributed by atoms with van der Waals surface area (Å²) in [7, 11) is -3.94. The van der Waals surface area contributed by atoms with Gasteiger partial charge in [-0.2, -0.15) is 0 Å². The Morgan fingerprint density at radius 2 is 1.88 bits per heavy atom. The van der Waals surface area contributed by atoms with E-state index in [0.29, 0.717) is 17.2 Å². The molecule has 2 aromatic heterocycles. The van der Waals surface area contributed by atoms with Gasteiger partial charge < -0.3 is 0 Å². The van der Waals surface area contributed by atoms with E-state index in [4.69, 9.17) is 0 Å². The average molecular weight is 353 g/mol. The van der Waals surface area contributed by atoms with E-state index < -0.39 is 15.9 Å². The van der Waals surface area contributed by atoms with Crippen LogP contribution in [0, 0.1) is 5.92 Å². The number of pyridine rings is 2. The Morgan fingerprint density at radius 3 is 2.68 bits per heavy atom. The number of nitrogens with one attached hydrogen (secondary N) is 1. The maximum absolute atomic E-state index is 12.7. The van der Waals surface area contributed by atoms with Crippen LogP contribution in [0.3, 0.4) is 0 Å². The fourth-order valence-corrected chi connectivity index (χ4v) is 4.30. The number of benzene rings is 1. The van der Waals surface area contributed by atoms with E-state index >= 15 is 0 Å². The topological polar surface area (TPSA) is 89.0 Å². The minimum atomic E-state index is -3.94. The SMILES string of the molecule is O=C(NS(=O)(=O)c1cccc2cnccc12)[C@@H]1C[C@@H]1c1cccnc1. The molecule has 2 atom stereocenters. The van der Waals surface area contributed by atoms with Crippen LogP contribution in [0.2, 0.25) is 0 Å². The van der Waals surface area contributed by atoms with E-state index in [1.807, 2.05) is 12.1 Å². The molecule has 1 saturated carbocycles. The lowest BCUT2D eigenvalue weighted by Crippen LogP contribution is -2.32. The van der Waals surface area contributed by atoms with Crippen molar-refractivity contribution in [2.24, 2.45) is 5.92 Å². The van der Waals surface area contributed by atoms with Gasteiger partial charge in [0.05, 0.1) is 4.90 Å². The van der Waals surface area contributed by atoms with Crippen molar-refractivity contribution in [1.82, 2.24) is 14.7 Å². The third kappa shape index (κ3) is 2.98. The van der Waals surface area contributed by atoms with E-state index in [2.05, 4.69) is 14.7 Å². The van der Waals surface area contributed by atoms with E-state index in [-0.39, 0.29) is 16.7 Å². The normalized spacial score (nSPS) is 19.5. The summed E-state index contributed by atoms with van der Waals surface area (Å²) in [6.07, 6.45) is 7.13. The van der Waals surface area contributed by atoms with Gasteiger partial charge in [-0.05, 0) is 36.1 Å². The molecule has 1 amide bonds. The van der Waals surface area contributed by atoms with Crippen LogP contribution in [0.15, 0.2) is 66.1 Å². The number of nitrogens with zero attached hydrogens (tertiary/aromatic N) is 2. The smallest absolute Gasteiger partial charge is 0.264 e. The summed E-state index contributed by atoms with van der Waals surface area (Å²) in [6, 6.07) is 10.2. The Kier molecular flexibility index (Phi) is 3.73. The summed E-state index contributed by atoms with van der Waals surface area (Å²) in [5, 5.41) is 1.25. The Labute approximate surface area is 145 Å². The van der Waals surface area contributed by atoms with Crippen molar-refractivity contribution < 1.29 is 13.2 Å². The first-order chi connectivity index (χ1) is 12.1. The monoisotopic (exact) mass is 353 g/mol. The van der Waals surface area contributed by atoms with Crippen LogP contribution >= 0.6 is 0 Å². The fourth-order valence-electron chi connectivity index (χ4n) is 3.04. The van der Waals surface area contributed by atoms with Crippen molar-refractivity contribution in [1.29, 1.82) is 0 Å². The number of sulfonamides is 1. The summed E-state index contributed by atoms with van der Waals surface area (Å²) < 4.78 is 27.6. The van der Waals surface area contributed by atoms with Gasteiger partial charge in [-0.1, -0.05) is 18.2 Å². The standard InChI is InChI=1S/C18H15N3O3S/c22-18(16-9-15(16)13-4-2-7-19-11-13)21-25(23,24)17-5-1-3-12-10-20-8-6-14(12)17/h1-8,10-11,15-16H,9H2,(H,21,22)/t15-,16-/m1/s1. The minimum absolute atomic E-state index is 0.0283. The molecule has 1 aromatic carbocycles. The summed E-state index contributed by atoms with van der Waals surface area (Å²) in [6.45, 7) is 0. The van der Waals surface area contributed by atoms with Crippen molar-refractivity contribution in [3.8, 4) is 0 Å². The second-order valence-corrected chi connectivity index (χ2v) is 7.71. The molecule has 1 N–H and O–H groups in total. The molecule has 0 spiro atoms. The molecule has 0 aliphatic heterocycles. The first kappa shape index (κ1) is 15.7. The lowest BCUT2D eigenvalue weighted by atomic mass is 10.1. The highest BCUT2D eigenvalue weighted by molar-refractivity contribution is 7.90. The third-order valence-corrected chi connectivity index (χ3v) is 5.81. The number of amides is 1. The Bertz CT molecular complexity index is 1050. The lowest BCUT2D eigenvalue weighted by Gasteiger charge is -2.09. The van der Waals surface area contributed by atoms with Gasteiger partial charge in [-0.25, -0.2) is 13.1 Å². The van der Waals surface area contributed by atoms with Gasteiger partial charge in [0.15, 0.2) is 0 Å². The van der Waals surface area contributed by atoms with Crippen molar-refractivity contribution in [3.63, 3.8) is 0 Å². The molecular weight excluding hydrogens is 338 g/mol. The Hall–Kier alpha value is -2.80. The number of aromatic nitrogens is 2. The predicted molar refractivity (Wildman–Crippen MR) is 92.2 cm³/mol. The number of hydrogen-bond donors (Lipinski definition) is 1. The molecule has 0 saturated heterocycles. The molecule has 0 bridgehead atoms. The Morgan fingerprint density at radius 1 is 1.04 bits per heavy atom. The molecule has 1 aliphatic rings. The molecule has 1 aliphatic carbocycles. The highest BCUT2D eigenvalue weighted by Crippen LogP contribution is 2.47. The molecule has 2 heterocycles. The highest BCUT2D eigenvalue weighted by Gasteiger charge is 2.45. The lowest BCUT2D eigenvalue weighted by molar-refractivity contribution is -0.120. The third-order valence-electron chi connectivity index (χ3n) is 4.40. The van der Waals surface area contributed by atoms with E-state index in [1.165, 1.54) is 12.3 Å². The summed E-state index contributed by atoms with van der Waals surface area (Å²) in [5.41, 5.74) is 0.955. The van der Waals surface area contributed by atoms with E-state index in [9.17, 15) is 13.2 Å². The highest BCUT2D eigenvalue weighted by atomic mass is 32.2. The number of rotatable bonds is 4. The zero-order valence-corrected chi connectivity index (χ0v) is 14.0. The van der Waals surface area contributed by atoms with Gasteiger partial charge >= 0.3 is 0 Å². The first-order valence-electron chi connectivity index (χ1n) is 7.85. The number of fused-ring (bicyclic) bond motifs is 1. The molecule has 3 aromatic rings. The fraction of sp³-hybridized carbons (Fsp3) is 0.167. The molecule has 126 valence electrons. The minimum Gasteiger partial charge on any atom is -0.274 e. The van der Waals surface area contributed by atoms with Crippen molar-refractivity contribution in [2.75, 3.05) is 0 Å². The molecule has 0 unspecified atom stereocenters. The summed E-state index contributed by atoms with van der Waals surface area (Å²) >= 11 is 0. The van der Waals surface area contributed by atoms with Crippen LogP contribution in [0.5, 0.6) is 0 Å². The molecule has 6 nitrogen and oxygen atoms in total.